The number of nitrogens with zero attached hydrogens (tertiary/aromatic N) is 1. The van der Waals surface area contributed by atoms with E-state index in [-0.39, 0.29) is 17.5 Å². The maximum Gasteiger partial charge on any atom is 0.146 e. The minimum absolute atomic E-state index is 0.0115. The summed E-state index contributed by atoms with van der Waals surface area (Å²) in [5, 5.41) is 3.45. The summed E-state index contributed by atoms with van der Waals surface area (Å²) in [5.41, 5.74) is 0.582. The molecular formula is C16H23FN2OS. The van der Waals surface area contributed by atoms with Crippen molar-refractivity contribution in [2.45, 2.75) is 37.8 Å². The molecule has 0 radical (unpaired) electrons. The van der Waals surface area contributed by atoms with Crippen molar-refractivity contribution in [1.29, 1.82) is 0 Å². The monoisotopic (exact) mass is 310 g/mol. The van der Waals surface area contributed by atoms with E-state index in [0.717, 1.165) is 38.2 Å². The predicted octanol–water partition coefficient (Wildman–Crippen LogP) is 3.17. The van der Waals surface area contributed by atoms with Crippen molar-refractivity contribution in [2.75, 3.05) is 24.7 Å². The van der Waals surface area contributed by atoms with Crippen LogP contribution in [0.1, 0.15) is 37.9 Å². The number of pyridine rings is 1. The lowest BCUT2D eigenvalue weighted by Crippen LogP contribution is -2.44. The van der Waals surface area contributed by atoms with Gasteiger partial charge in [0.2, 0.25) is 0 Å². The van der Waals surface area contributed by atoms with Crippen molar-refractivity contribution in [2.24, 2.45) is 5.92 Å². The van der Waals surface area contributed by atoms with Crippen molar-refractivity contribution >= 4 is 11.8 Å². The van der Waals surface area contributed by atoms with Crippen LogP contribution in [-0.2, 0) is 4.74 Å². The van der Waals surface area contributed by atoms with Gasteiger partial charge in [-0.3, -0.25) is 4.98 Å². The first-order chi connectivity index (χ1) is 10.2. The van der Waals surface area contributed by atoms with Crippen molar-refractivity contribution in [1.82, 2.24) is 10.3 Å². The van der Waals surface area contributed by atoms with Crippen LogP contribution in [0, 0.1) is 11.7 Å². The van der Waals surface area contributed by atoms with Gasteiger partial charge in [0.05, 0.1) is 17.3 Å². The molecule has 116 valence electrons. The molecule has 0 bridgehead atoms. The molecule has 0 amide bonds. The van der Waals surface area contributed by atoms with Gasteiger partial charge in [0.25, 0.3) is 0 Å². The van der Waals surface area contributed by atoms with Gasteiger partial charge in [0.1, 0.15) is 5.82 Å². The molecule has 3 unspecified atom stereocenters. The number of aromatic nitrogens is 1. The van der Waals surface area contributed by atoms with E-state index in [4.69, 9.17) is 4.74 Å². The largest absolute Gasteiger partial charge is 0.374 e. The molecule has 2 fully saturated rings. The van der Waals surface area contributed by atoms with Crippen molar-refractivity contribution in [3.8, 4) is 0 Å². The molecule has 2 aliphatic heterocycles. The first kappa shape index (κ1) is 15.3. The van der Waals surface area contributed by atoms with Crippen LogP contribution < -0.4 is 5.32 Å². The molecule has 2 aliphatic rings. The number of nitrogens with one attached hydrogen (secondary N) is 1. The van der Waals surface area contributed by atoms with E-state index in [1.54, 1.807) is 12.3 Å². The third-order valence-electron chi connectivity index (χ3n) is 4.58. The van der Waals surface area contributed by atoms with E-state index in [9.17, 15) is 4.39 Å². The molecule has 1 aromatic heterocycles. The zero-order valence-corrected chi connectivity index (χ0v) is 13.3. The average Bonchev–Trinajstić information content (AvgIpc) is 2.93. The summed E-state index contributed by atoms with van der Waals surface area (Å²) in [6, 6.07) is 3.15. The zero-order valence-electron chi connectivity index (χ0n) is 12.5. The van der Waals surface area contributed by atoms with Crippen molar-refractivity contribution in [3.05, 3.63) is 29.8 Å². The first-order valence-corrected chi connectivity index (χ1v) is 8.95. The van der Waals surface area contributed by atoms with Gasteiger partial charge < -0.3 is 10.1 Å². The van der Waals surface area contributed by atoms with Crippen molar-refractivity contribution < 1.29 is 9.13 Å². The number of ether oxygens (including phenoxy) is 1. The third kappa shape index (κ3) is 3.25. The summed E-state index contributed by atoms with van der Waals surface area (Å²) < 4.78 is 20.2. The predicted molar refractivity (Wildman–Crippen MR) is 84.0 cm³/mol. The quantitative estimate of drug-likeness (QED) is 0.926. The van der Waals surface area contributed by atoms with Crippen LogP contribution >= 0.6 is 11.8 Å². The number of hydrogen-bond acceptors (Lipinski definition) is 4. The Morgan fingerprint density at radius 2 is 2.52 bits per heavy atom. The van der Waals surface area contributed by atoms with E-state index in [1.807, 2.05) is 11.8 Å². The van der Waals surface area contributed by atoms with Gasteiger partial charge in [-0.25, -0.2) is 4.39 Å². The van der Waals surface area contributed by atoms with Crippen molar-refractivity contribution in [3.63, 3.8) is 0 Å². The molecule has 3 heterocycles. The second-order valence-electron chi connectivity index (χ2n) is 5.99. The molecule has 3 atom stereocenters. The topological polar surface area (TPSA) is 34.2 Å². The fourth-order valence-corrected chi connectivity index (χ4v) is 4.92. The number of rotatable bonds is 4. The molecule has 0 saturated carbocycles. The lowest BCUT2D eigenvalue weighted by atomic mass is 9.80. The van der Waals surface area contributed by atoms with Crippen LogP contribution in [0.2, 0.25) is 0 Å². The molecular weight excluding hydrogens is 287 g/mol. The second-order valence-corrected chi connectivity index (χ2v) is 7.10. The lowest BCUT2D eigenvalue weighted by molar-refractivity contribution is -0.0857. The van der Waals surface area contributed by atoms with E-state index >= 15 is 0 Å². The van der Waals surface area contributed by atoms with Crippen LogP contribution in [-0.4, -0.2) is 35.2 Å². The summed E-state index contributed by atoms with van der Waals surface area (Å²) in [7, 11) is 0. The van der Waals surface area contributed by atoms with Gasteiger partial charge in [-0.2, -0.15) is 11.8 Å². The fourth-order valence-electron chi connectivity index (χ4n) is 3.55. The van der Waals surface area contributed by atoms with Gasteiger partial charge in [-0.05, 0) is 49.6 Å². The maximum absolute atomic E-state index is 14.1. The zero-order chi connectivity index (χ0) is 14.7. The molecule has 3 nitrogen and oxygen atoms in total. The summed E-state index contributed by atoms with van der Waals surface area (Å²) in [5.74, 6) is 2.44. The highest BCUT2D eigenvalue weighted by molar-refractivity contribution is 7.99. The summed E-state index contributed by atoms with van der Waals surface area (Å²) >= 11 is 1.97. The fraction of sp³-hybridized carbons (Fsp3) is 0.688. The van der Waals surface area contributed by atoms with Crippen LogP contribution in [0.4, 0.5) is 4.39 Å². The Bertz CT molecular complexity index is 479. The number of thioether (sulfide) groups is 1. The number of halogens is 1. The van der Waals surface area contributed by atoms with Gasteiger partial charge in [-0.15, -0.1) is 0 Å². The van der Waals surface area contributed by atoms with Gasteiger partial charge in [0.15, 0.2) is 0 Å². The lowest BCUT2D eigenvalue weighted by Gasteiger charge is -2.41. The van der Waals surface area contributed by atoms with Crippen LogP contribution in [0.5, 0.6) is 0 Å². The molecule has 3 rings (SSSR count). The normalized spacial score (nSPS) is 30.7. The molecule has 5 heteroatoms. The molecule has 2 saturated heterocycles. The first-order valence-electron chi connectivity index (χ1n) is 7.79. The average molecular weight is 310 g/mol. The third-order valence-corrected chi connectivity index (χ3v) is 5.80. The Morgan fingerprint density at radius 3 is 3.24 bits per heavy atom. The molecule has 1 N–H and O–H groups in total. The van der Waals surface area contributed by atoms with Gasteiger partial charge in [-0.1, -0.05) is 6.92 Å². The minimum atomic E-state index is -0.204. The Kier molecular flexibility index (Phi) is 4.82. The molecule has 0 aromatic carbocycles. The van der Waals surface area contributed by atoms with Gasteiger partial charge in [0, 0.05) is 18.6 Å². The smallest absolute Gasteiger partial charge is 0.146 e. The standard InChI is InChI=1S/C16H23FN2OS/c1-2-18-14(15-13(17)4-3-7-19-15)12-5-8-20-16(10-12)6-9-21-11-16/h3-4,7,12,14,18H,2,5-6,8-11H2,1H3. The van der Waals surface area contributed by atoms with E-state index in [0.29, 0.717) is 11.6 Å². The summed E-state index contributed by atoms with van der Waals surface area (Å²) in [6.07, 6.45) is 4.79. The Labute approximate surface area is 130 Å². The van der Waals surface area contributed by atoms with Gasteiger partial charge >= 0.3 is 0 Å². The summed E-state index contributed by atoms with van der Waals surface area (Å²) in [4.78, 5) is 4.30. The molecule has 1 spiro atoms. The van der Waals surface area contributed by atoms with E-state index in [2.05, 4.69) is 17.2 Å². The second kappa shape index (κ2) is 6.63. The van der Waals surface area contributed by atoms with E-state index < -0.39 is 0 Å². The maximum atomic E-state index is 14.1. The van der Waals surface area contributed by atoms with Crippen LogP contribution in [0.25, 0.3) is 0 Å². The Hall–Kier alpha value is -0.650. The molecule has 1 aromatic rings. The highest BCUT2D eigenvalue weighted by atomic mass is 32.2. The summed E-state index contributed by atoms with van der Waals surface area (Å²) in [6.45, 7) is 3.66. The molecule has 21 heavy (non-hydrogen) atoms. The van der Waals surface area contributed by atoms with E-state index in [1.165, 1.54) is 11.8 Å². The minimum Gasteiger partial charge on any atom is -0.374 e. The highest BCUT2D eigenvalue weighted by Gasteiger charge is 2.43. The Balaban J connectivity index is 1.82. The number of hydrogen-bond donors (Lipinski definition) is 1. The SMILES string of the molecule is CCNC(c1ncccc1F)C1CCOC2(CCSC2)C1. The van der Waals surface area contributed by atoms with Crippen LogP contribution in [0.3, 0.4) is 0 Å². The van der Waals surface area contributed by atoms with Crippen LogP contribution in [0.15, 0.2) is 18.3 Å². The molecule has 0 aliphatic carbocycles. The highest BCUT2D eigenvalue weighted by Crippen LogP contribution is 2.44. The Morgan fingerprint density at radius 1 is 1.62 bits per heavy atom.